The van der Waals surface area contributed by atoms with Crippen LogP contribution in [0.3, 0.4) is 0 Å². The number of carbonyl (C=O) groups is 2. The first-order valence-electron chi connectivity index (χ1n) is 6.67. The molecule has 1 heterocycles. The van der Waals surface area contributed by atoms with E-state index < -0.39 is 16.8 Å². The van der Waals surface area contributed by atoms with Crippen molar-refractivity contribution < 1.29 is 19.6 Å². The molecule has 1 N–H and O–H groups in total. The third-order valence-corrected chi connectivity index (χ3v) is 3.70. The lowest BCUT2D eigenvalue weighted by molar-refractivity contribution is -0.385. The van der Waals surface area contributed by atoms with Gasteiger partial charge in [-0.2, -0.15) is 0 Å². The number of likely N-dealkylation sites (tertiary alicyclic amines) is 1. The van der Waals surface area contributed by atoms with E-state index in [1.165, 1.54) is 23.1 Å². The molecule has 7 nitrogen and oxygen atoms in total. The highest BCUT2D eigenvalue weighted by Crippen LogP contribution is 2.22. The molecule has 1 aliphatic heterocycles. The van der Waals surface area contributed by atoms with E-state index in [1.54, 1.807) is 6.92 Å². The highest BCUT2D eigenvalue weighted by Gasteiger charge is 2.29. The molecule has 0 spiro atoms. The summed E-state index contributed by atoms with van der Waals surface area (Å²) in [6.45, 7) is 2.27. The number of nitro groups is 1. The maximum Gasteiger partial charge on any atom is 0.308 e. The fourth-order valence-corrected chi connectivity index (χ4v) is 2.54. The molecule has 1 amide bonds. The summed E-state index contributed by atoms with van der Waals surface area (Å²) in [7, 11) is 0. The molecule has 2 rings (SSSR count). The van der Waals surface area contributed by atoms with Gasteiger partial charge in [0.15, 0.2) is 0 Å². The molecule has 21 heavy (non-hydrogen) atoms. The Labute approximate surface area is 121 Å². The molecule has 1 fully saturated rings. The van der Waals surface area contributed by atoms with Gasteiger partial charge in [-0.25, -0.2) is 0 Å². The molecule has 0 aromatic heterocycles. The van der Waals surface area contributed by atoms with Gasteiger partial charge < -0.3 is 10.0 Å². The van der Waals surface area contributed by atoms with Crippen LogP contribution in [0.2, 0.25) is 0 Å². The summed E-state index contributed by atoms with van der Waals surface area (Å²) in [6, 6.07) is 4.20. The van der Waals surface area contributed by atoms with Crippen molar-refractivity contribution in [3.05, 3.63) is 39.4 Å². The maximum absolute atomic E-state index is 12.4. The second kappa shape index (κ2) is 5.90. The molecule has 1 aliphatic rings. The minimum Gasteiger partial charge on any atom is -0.481 e. The van der Waals surface area contributed by atoms with Crippen molar-refractivity contribution in [3.63, 3.8) is 0 Å². The molecular weight excluding hydrogens is 276 g/mol. The van der Waals surface area contributed by atoms with E-state index in [0.29, 0.717) is 30.5 Å². The standard InChI is InChI=1S/C14H16N2O5/c1-9-7-10(4-5-12(9)16(20)21)13(17)15-6-2-3-11(8-15)14(18)19/h4-5,7,11H,2-3,6,8H2,1H3,(H,18,19)/t11-/m1/s1. The zero-order chi connectivity index (χ0) is 15.6. The van der Waals surface area contributed by atoms with Gasteiger partial charge in [-0.1, -0.05) is 0 Å². The molecule has 0 unspecified atom stereocenters. The van der Waals surface area contributed by atoms with Crippen LogP contribution in [0.5, 0.6) is 0 Å². The van der Waals surface area contributed by atoms with Crippen LogP contribution in [0.25, 0.3) is 0 Å². The number of nitro benzene ring substituents is 1. The fraction of sp³-hybridized carbons (Fsp3) is 0.429. The van der Waals surface area contributed by atoms with Crippen LogP contribution in [0.15, 0.2) is 18.2 Å². The van der Waals surface area contributed by atoms with Crippen molar-refractivity contribution in [2.24, 2.45) is 5.92 Å². The number of carbonyl (C=O) groups excluding carboxylic acids is 1. The largest absolute Gasteiger partial charge is 0.481 e. The normalized spacial score (nSPS) is 18.3. The number of hydrogen-bond donors (Lipinski definition) is 1. The summed E-state index contributed by atoms with van der Waals surface area (Å²) in [5.74, 6) is -1.71. The zero-order valence-electron chi connectivity index (χ0n) is 11.6. The van der Waals surface area contributed by atoms with Crippen molar-refractivity contribution in [3.8, 4) is 0 Å². The number of benzene rings is 1. The van der Waals surface area contributed by atoms with Gasteiger partial charge in [0.2, 0.25) is 0 Å². The van der Waals surface area contributed by atoms with Gasteiger partial charge in [0.1, 0.15) is 0 Å². The highest BCUT2D eigenvalue weighted by atomic mass is 16.6. The van der Waals surface area contributed by atoms with Crippen LogP contribution in [-0.4, -0.2) is 39.9 Å². The first-order chi connectivity index (χ1) is 9.90. The third-order valence-electron chi connectivity index (χ3n) is 3.70. The van der Waals surface area contributed by atoms with Crippen LogP contribution >= 0.6 is 0 Å². The van der Waals surface area contributed by atoms with Crippen molar-refractivity contribution in [1.29, 1.82) is 0 Å². The molecular formula is C14H16N2O5. The Kier molecular flexibility index (Phi) is 4.21. The van der Waals surface area contributed by atoms with Crippen LogP contribution in [0, 0.1) is 23.0 Å². The molecule has 0 saturated carbocycles. The molecule has 0 bridgehead atoms. The molecule has 0 radical (unpaired) electrons. The van der Waals surface area contributed by atoms with Crippen molar-refractivity contribution in [1.82, 2.24) is 4.90 Å². The highest BCUT2D eigenvalue weighted by molar-refractivity contribution is 5.95. The van der Waals surface area contributed by atoms with Crippen molar-refractivity contribution in [2.75, 3.05) is 13.1 Å². The first kappa shape index (κ1) is 15.0. The second-order valence-corrected chi connectivity index (χ2v) is 5.19. The zero-order valence-corrected chi connectivity index (χ0v) is 11.6. The predicted molar refractivity (Wildman–Crippen MR) is 74.1 cm³/mol. The summed E-state index contributed by atoms with van der Waals surface area (Å²) < 4.78 is 0. The van der Waals surface area contributed by atoms with Crippen LogP contribution in [0.4, 0.5) is 5.69 Å². The topological polar surface area (TPSA) is 101 Å². The number of hydrogen-bond acceptors (Lipinski definition) is 4. The molecule has 7 heteroatoms. The average Bonchev–Trinajstić information content (AvgIpc) is 2.46. The monoisotopic (exact) mass is 292 g/mol. The first-order valence-corrected chi connectivity index (χ1v) is 6.67. The maximum atomic E-state index is 12.4. The molecule has 1 aromatic rings. The molecule has 1 saturated heterocycles. The summed E-state index contributed by atoms with van der Waals surface area (Å²) in [5, 5.41) is 19.8. The van der Waals surface area contributed by atoms with Crippen LogP contribution in [0.1, 0.15) is 28.8 Å². The van der Waals surface area contributed by atoms with Gasteiger partial charge in [0.05, 0.1) is 10.8 Å². The van der Waals surface area contributed by atoms with Gasteiger partial charge in [-0.05, 0) is 31.9 Å². The number of rotatable bonds is 3. The van der Waals surface area contributed by atoms with Gasteiger partial charge in [0.25, 0.3) is 11.6 Å². The van der Waals surface area contributed by atoms with E-state index in [0.717, 1.165) is 0 Å². The minimum atomic E-state index is -0.896. The summed E-state index contributed by atoms with van der Waals surface area (Å²) in [5.41, 5.74) is 0.732. The molecule has 112 valence electrons. The number of aryl methyl sites for hydroxylation is 1. The van der Waals surface area contributed by atoms with E-state index in [9.17, 15) is 19.7 Å². The van der Waals surface area contributed by atoms with Crippen LogP contribution < -0.4 is 0 Å². The van der Waals surface area contributed by atoms with Gasteiger partial charge >= 0.3 is 5.97 Å². The molecule has 1 aromatic carbocycles. The number of aliphatic carboxylic acids is 1. The number of amides is 1. The number of carboxylic acid groups (broad SMARTS) is 1. The lowest BCUT2D eigenvalue weighted by atomic mass is 9.97. The smallest absolute Gasteiger partial charge is 0.308 e. The Morgan fingerprint density at radius 1 is 1.43 bits per heavy atom. The van der Waals surface area contributed by atoms with E-state index >= 15 is 0 Å². The fourth-order valence-electron chi connectivity index (χ4n) is 2.54. The number of piperidine rings is 1. The van der Waals surface area contributed by atoms with E-state index in [-0.39, 0.29) is 18.1 Å². The molecule has 1 atom stereocenters. The summed E-state index contributed by atoms with van der Waals surface area (Å²) in [4.78, 5) is 35.2. The Morgan fingerprint density at radius 2 is 2.14 bits per heavy atom. The number of nitrogens with zero attached hydrogens (tertiary/aromatic N) is 2. The van der Waals surface area contributed by atoms with Crippen molar-refractivity contribution in [2.45, 2.75) is 19.8 Å². The third kappa shape index (κ3) is 3.18. The second-order valence-electron chi connectivity index (χ2n) is 5.19. The Bertz CT molecular complexity index is 599. The Balaban J connectivity index is 2.18. The average molecular weight is 292 g/mol. The quantitative estimate of drug-likeness (QED) is 0.676. The van der Waals surface area contributed by atoms with Crippen LogP contribution in [-0.2, 0) is 4.79 Å². The van der Waals surface area contributed by atoms with E-state index in [2.05, 4.69) is 0 Å². The number of carboxylic acids is 1. The Hall–Kier alpha value is -2.44. The summed E-state index contributed by atoms with van der Waals surface area (Å²) >= 11 is 0. The van der Waals surface area contributed by atoms with E-state index in [1.807, 2.05) is 0 Å². The lowest BCUT2D eigenvalue weighted by Crippen LogP contribution is -2.42. The van der Waals surface area contributed by atoms with Gasteiger partial charge in [-0.3, -0.25) is 19.7 Å². The SMILES string of the molecule is Cc1cc(C(=O)N2CCC[C@@H](C(=O)O)C2)ccc1[N+](=O)[O-]. The predicted octanol–water partition coefficient (Wildman–Crippen LogP) is 1.84. The Morgan fingerprint density at radius 3 is 2.71 bits per heavy atom. The van der Waals surface area contributed by atoms with Crippen molar-refractivity contribution >= 4 is 17.6 Å². The lowest BCUT2D eigenvalue weighted by Gasteiger charge is -2.30. The minimum absolute atomic E-state index is 0.0337. The summed E-state index contributed by atoms with van der Waals surface area (Å²) in [6.07, 6.45) is 1.22. The van der Waals surface area contributed by atoms with E-state index in [4.69, 9.17) is 5.11 Å². The van der Waals surface area contributed by atoms with Gasteiger partial charge in [-0.15, -0.1) is 0 Å². The van der Waals surface area contributed by atoms with Gasteiger partial charge in [0, 0.05) is 30.3 Å². The molecule has 0 aliphatic carbocycles.